The van der Waals surface area contributed by atoms with E-state index in [0.717, 1.165) is 21.9 Å². The molecule has 1 heteroatoms. The van der Waals surface area contributed by atoms with E-state index in [-0.39, 0.29) is 0 Å². The summed E-state index contributed by atoms with van der Waals surface area (Å²) in [6.07, 6.45) is 0. The molecule has 0 saturated carbocycles. The van der Waals surface area contributed by atoms with Gasteiger partial charge in [0.2, 0.25) is 0 Å². The Morgan fingerprint density at radius 2 is 0.733 bits per heavy atom. The van der Waals surface area contributed by atoms with Crippen LogP contribution in [0.15, 0.2) is 174 Å². The molecule has 0 aliphatic heterocycles. The van der Waals surface area contributed by atoms with Crippen LogP contribution in [0.4, 0.5) is 0 Å². The van der Waals surface area contributed by atoms with Gasteiger partial charge >= 0.3 is 0 Å². The molecule has 8 aromatic carbocycles. The molecule has 0 aliphatic carbocycles. The lowest BCUT2D eigenvalue weighted by Gasteiger charge is -2.19. The monoisotopic (exact) mass is 572 g/mol. The summed E-state index contributed by atoms with van der Waals surface area (Å²) in [5.41, 5.74) is 11.5. The molecular weight excluding hydrogens is 544 g/mol. The molecule has 1 aromatic heterocycles. The second-order valence-corrected chi connectivity index (χ2v) is 11.6. The Balaban J connectivity index is 1.39. The van der Waals surface area contributed by atoms with Crippen molar-refractivity contribution in [3.8, 4) is 44.5 Å². The maximum atomic E-state index is 6.55. The van der Waals surface area contributed by atoms with Crippen LogP contribution in [0.5, 0.6) is 0 Å². The largest absolute Gasteiger partial charge is 0.456 e. The maximum absolute atomic E-state index is 6.55. The van der Waals surface area contributed by atoms with Crippen LogP contribution in [0.3, 0.4) is 0 Å². The fraction of sp³-hybridized carbons (Fsp3) is 0. The molecule has 0 atom stereocenters. The van der Waals surface area contributed by atoms with E-state index in [1.165, 1.54) is 66.1 Å². The Morgan fingerprint density at radius 3 is 1.36 bits per heavy atom. The van der Waals surface area contributed by atoms with Crippen molar-refractivity contribution in [1.82, 2.24) is 0 Å². The van der Waals surface area contributed by atoms with E-state index in [9.17, 15) is 0 Å². The summed E-state index contributed by atoms with van der Waals surface area (Å²) in [4.78, 5) is 0. The van der Waals surface area contributed by atoms with Crippen LogP contribution in [0.1, 0.15) is 0 Å². The predicted molar refractivity (Wildman–Crippen MR) is 190 cm³/mol. The molecule has 0 spiro atoms. The number of furan rings is 1. The molecule has 0 unspecified atom stereocenters. The molecule has 0 amide bonds. The van der Waals surface area contributed by atoms with Crippen LogP contribution in [0, 0.1) is 0 Å². The summed E-state index contributed by atoms with van der Waals surface area (Å²) < 4.78 is 6.55. The van der Waals surface area contributed by atoms with Crippen molar-refractivity contribution in [3.63, 3.8) is 0 Å². The van der Waals surface area contributed by atoms with E-state index >= 15 is 0 Å². The van der Waals surface area contributed by atoms with Crippen molar-refractivity contribution in [1.29, 1.82) is 0 Å². The molecule has 0 saturated heterocycles. The zero-order chi connectivity index (χ0) is 29.7. The normalized spacial score (nSPS) is 11.6. The van der Waals surface area contributed by atoms with Crippen molar-refractivity contribution >= 4 is 43.5 Å². The van der Waals surface area contributed by atoms with Gasteiger partial charge < -0.3 is 4.42 Å². The third-order valence-corrected chi connectivity index (χ3v) is 9.07. The van der Waals surface area contributed by atoms with E-state index in [1.807, 2.05) is 0 Å². The van der Waals surface area contributed by atoms with Gasteiger partial charge in [-0.3, -0.25) is 0 Å². The van der Waals surface area contributed by atoms with Crippen molar-refractivity contribution in [2.24, 2.45) is 0 Å². The van der Waals surface area contributed by atoms with Crippen molar-refractivity contribution in [2.75, 3.05) is 0 Å². The van der Waals surface area contributed by atoms with Gasteiger partial charge in [-0.2, -0.15) is 0 Å². The van der Waals surface area contributed by atoms with Crippen molar-refractivity contribution < 1.29 is 4.42 Å². The van der Waals surface area contributed by atoms with Gasteiger partial charge in [0.15, 0.2) is 0 Å². The zero-order valence-corrected chi connectivity index (χ0v) is 24.6. The first-order valence-corrected chi connectivity index (χ1v) is 15.4. The summed E-state index contributed by atoms with van der Waals surface area (Å²) in [7, 11) is 0. The first-order valence-electron chi connectivity index (χ1n) is 15.4. The SMILES string of the molecule is c1ccc(-c2cccc(-c3c4ccccc4c(-c4cccc5oc6cccc(-c7ccccc7)c6c45)c4ccccc34)c2)cc1. The van der Waals surface area contributed by atoms with E-state index < -0.39 is 0 Å². The average Bonchev–Trinajstić information content (AvgIpc) is 3.51. The number of hydrogen-bond donors (Lipinski definition) is 0. The van der Waals surface area contributed by atoms with Gasteiger partial charge in [-0.1, -0.05) is 152 Å². The minimum Gasteiger partial charge on any atom is -0.456 e. The molecule has 0 aliphatic rings. The average molecular weight is 573 g/mol. The van der Waals surface area contributed by atoms with E-state index in [1.54, 1.807) is 0 Å². The second kappa shape index (κ2) is 10.4. The molecule has 0 radical (unpaired) electrons. The summed E-state index contributed by atoms with van der Waals surface area (Å²) in [6.45, 7) is 0. The van der Waals surface area contributed by atoms with E-state index in [2.05, 4.69) is 170 Å². The highest BCUT2D eigenvalue weighted by atomic mass is 16.3. The van der Waals surface area contributed by atoms with Crippen LogP contribution in [-0.2, 0) is 0 Å². The molecule has 9 aromatic rings. The minimum atomic E-state index is 0.902. The van der Waals surface area contributed by atoms with Crippen molar-refractivity contribution in [2.45, 2.75) is 0 Å². The van der Waals surface area contributed by atoms with Crippen LogP contribution >= 0.6 is 0 Å². The standard InChI is InChI=1S/C44H28O/c1-3-14-29(15-4-1)31-18-11-19-32(28-31)41-34-20-7-9-22-36(34)42(37-23-10-8-21-35(37)41)38-25-13-27-40-44(38)43-33(24-12-26-39(43)45-40)30-16-5-2-6-17-30/h1-28H. The van der Waals surface area contributed by atoms with Gasteiger partial charge in [0.25, 0.3) is 0 Å². The number of rotatable bonds is 4. The number of benzene rings is 8. The van der Waals surface area contributed by atoms with Gasteiger partial charge in [0, 0.05) is 10.8 Å². The zero-order valence-electron chi connectivity index (χ0n) is 24.6. The Kier molecular flexibility index (Phi) is 5.89. The molecule has 1 nitrogen and oxygen atoms in total. The smallest absolute Gasteiger partial charge is 0.136 e. The number of hydrogen-bond acceptors (Lipinski definition) is 1. The molecular formula is C44H28O. The molecule has 210 valence electrons. The van der Waals surface area contributed by atoms with Gasteiger partial charge in [0.05, 0.1) is 0 Å². The van der Waals surface area contributed by atoms with Gasteiger partial charge in [-0.15, -0.1) is 0 Å². The number of fused-ring (bicyclic) bond motifs is 5. The highest BCUT2D eigenvalue weighted by molar-refractivity contribution is 6.27. The summed E-state index contributed by atoms with van der Waals surface area (Å²) in [5, 5.41) is 7.25. The molecule has 45 heavy (non-hydrogen) atoms. The summed E-state index contributed by atoms with van der Waals surface area (Å²) in [6, 6.07) is 60.9. The Labute approximate surface area is 261 Å². The summed E-state index contributed by atoms with van der Waals surface area (Å²) >= 11 is 0. The molecule has 0 fully saturated rings. The predicted octanol–water partition coefficient (Wildman–Crippen LogP) is 12.6. The van der Waals surface area contributed by atoms with E-state index in [4.69, 9.17) is 4.42 Å². The summed E-state index contributed by atoms with van der Waals surface area (Å²) in [5.74, 6) is 0. The van der Waals surface area contributed by atoms with Crippen LogP contribution in [0.2, 0.25) is 0 Å². The fourth-order valence-electron chi connectivity index (χ4n) is 7.15. The minimum absolute atomic E-state index is 0.902. The highest BCUT2D eigenvalue weighted by Gasteiger charge is 2.21. The Bertz CT molecular complexity index is 2460. The van der Waals surface area contributed by atoms with Gasteiger partial charge in [-0.25, -0.2) is 0 Å². The third kappa shape index (κ3) is 4.09. The second-order valence-electron chi connectivity index (χ2n) is 11.6. The lowest BCUT2D eigenvalue weighted by Crippen LogP contribution is -1.92. The quantitative estimate of drug-likeness (QED) is 0.191. The van der Waals surface area contributed by atoms with Crippen LogP contribution in [-0.4, -0.2) is 0 Å². The first kappa shape index (κ1) is 25.6. The van der Waals surface area contributed by atoms with Gasteiger partial charge in [0.1, 0.15) is 11.2 Å². The molecule has 1 heterocycles. The third-order valence-electron chi connectivity index (χ3n) is 9.07. The van der Waals surface area contributed by atoms with E-state index in [0.29, 0.717) is 0 Å². The highest BCUT2D eigenvalue weighted by Crippen LogP contribution is 2.48. The first-order chi connectivity index (χ1) is 22.3. The van der Waals surface area contributed by atoms with Gasteiger partial charge in [-0.05, 0) is 84.3 Å². The Hall–Kier alpha value is -5.92. The topological polar surface area (TPSA) is 13.1 Å². The van der Waals surface area contributed by atoms with Crippen LogP contribution in [0.25, 0.3) is 88.0 Å². The fourth-order valence-corrected chi connectivity index (χ4v) is 7.15. The van der Waals surface area contributed by atoms with Crippen LogP contribution < -0.4 is 0 Å². The lowest BCUT2D eigenvalue weighted by atomic mass is 9.84. The molecule has 0 bridgehead atoms. The lowest BCUT2D eigenvalue weighted by molar-refractivity contribution is 0.669. The molecule has 0 N–H and O–H groups in total. The van der Waals surface area contributed by atoms with Crippen molar-refractivity contribution in [3.05, 3.63) is 170 Å². The molecule has 9 rings (SSSR count). The maximum Gasteiger partial charge on any atom is 0.136 e. The Morgan fingerprint density at radius 1 is 0.289 bits per heavy atom.